The fourth-order valence-corrected chi connectivity index (χ4v) is 1.30. The first kappa shape index (κ1) is 14.6. The minimum absolute atomic E-state index is 0.272. The van der Waals surface area contributed by atoms with Gasteiger partial charge in [0.1, 0.15) is 5.71 Å². The molecule has 0 bridgehead atoms. The quantitative estimate of drug-likeness (QED) is 0.626. The van der Waals surface area contributed by atoms with Crippen molar-refractivity contribution in [1.82, 2.24) is 10.9 Å². The molecular weight excluding hydrogens is 244 g/mol. The largest absolute Gasteiger partial charge is 0.274 e. The van der Waals surface area contributed by atoms with E-state index in [0.29, 0.717) is 11.4 Å². The summed E-state index contributed by atoms with van der Waals surface area (Å²) in [5.74, 6) is -0.549. The van der Waals surface area contributed by atoms with Gasteiger partial charge in [-0.2, -0.15) is 10.2 Å². The van der Waals surface area contributed by atoms with Gasteiger partial charge < -0.3 is 0 Å². The normalized spacial score (nSPS) is 11.9. The average molecular weight is 260 g/mol. The number of amides is 2. The van der Waals surface area contributed by atoms with Gasteiger partial charge in [0, 0.05) is 19.4 Å². The second-order valence-electron chi connectivity index (χ2n) is 3.86. The molecule has 2 amide bonds. The van der Waals surface area contributed by atoms with Crippen LogP contribution in [-0.4, -0.2) is 23.2 Å². The van der Waals surface area contributed by atoms with Gasteiger partial charge in [0.15, 0.2) is 0 Å². The summed E-state index contributed by atoms with van der Waals surface area (Å²) < 4.78 is 0. The lowest BCUT2D eigenvalue weighted by atomic mass is 10.1. The summed E-state index contributed by atoms with van der Waals surface area (Å²) in [4.78, 5) is 21.8. The molecule has 100 valence electrons. The highest BCUT2D eigenvalue weighted by atomic mass is 16.2. The Kier molecular flexibility index (Phi) is 5.40. The Balaban J connectivity index is 3.06. The lowest BCUT2D eigenvalue weighted by Gasteiger charge is -2.06. The van der Waals surface area contributed by atoms with Crippen molar-refractivity contribution in [3.05, 3.63) is 35.9 Å². The van der Waals surface area contributed by atoms with Crippen molar-refractivity contribution in [2.45, 2.75) is 20.8 Å². The van der Waals surface area contributed by atoms with Crippen LogP contribution < -0.4 is 10.9 Å². The highest BCUT2D eigenvalue weighted by molar-refractivity contribution is 6.47. The number of hydrazone groups is 2. The minimum Gasteiger partial charge on any atom is -0.274 e. The number of carbonyl (C=O) groups excluding carboxylic acids is 2. The van der Waals surface area contributed by atoms with Crippen LogP contribution in [0, 0.1) is 0 Å². The first-order valence-electron chi connectivity index (χ1n) is 5.71. The van der Waals surface area contributed by atoms with E-state index >= 15 is 0 Å². The summed E-state index contributed by atoms with van der Waals surface area (Å²) >= 11 is 0. The van der Waals surface area contributed by atoms with Gasteiger partial charge in [0.25, 0.3) is 0 Å². The number of nitrogens with one attached hydrogen (secondary N) is 2. The van der Waals surface area contributed by atoms with Gasteiger partial charge in [-0.3, -0.25) is 9.59 Å². The molecular formula is C13H16N4O2. The van der Waals surface area contributed by atoms with Crippen molar-refractivity contribution >= 4 is 23.2 Å². The Bertz CT molecular complexity index is 521. The van der Waals surface area contributed by atoms with Gasteiger partial charge in [-0.15, -0.1) is 0 Å². The zero-order valence-electron chi connectivity index (χ0n) is 11.1. The van der Waals surface area contributed by atoms with E-state index in [1.165, 1.54) is 13.8 Å². The molecule has 0 spiro atoms. The number of benzene rings is 1. The Morgan fingerprint density at radius 2 is 1.42 bits per heavy atom. The van der Waals surface area contributed by atoms with E-state index in [-0.39, 0.29) is 11.8 Å². The molecule has 0 heterocycles. The molecule has 6 heteroatoms. The van der Waals surface area contributed by atoms with Crippen LogP contribution in [0.15, 0.2) is 40.5 Å². The summed E-state index contributed by atoms with van der Waals surface area (Å²) in [7, 11) is 0. The fourth-order valence-electron chi connectivity index (χ4n) is 1.30. The summed E-state index contributed by atoms with van der Waals surface area (Å²) in [5, 5.41) is 7.92. The number of carbonyl (C=O) groups is 2. The van der Waals surface area contributed by atoms with Crippen LogP contribution in [0.3, 0.4) is 0 Å². The van der Waals surface area contributed by atoms with Crippen LogP contribution in [0.4, 0.5) is 0 Å². The predicted octanol–water partition coefficient (Wildman–Crippen LogP) is 1.04. The highest BCUT2D eigenvalue weighted by Gasteiger charge is 2.08. The van der Waals surface area contributed by atoms with Gasteiger partial charge in [-0.25, -0.2) is 10.9 Å². The van der Waals surface area contributed by atoms with Gasteiger partial charge in [0.2, 0.25) is 11.8 Å². The van der Waals surface area contributed by atoms with Crippen LogP contribution in [0.5, 0.6) is 0 Å². The molecule has 0 saturated heterocycles. The first-order valence-corrected chi connectivity index (χ1v) is 5.71. The highest BCUT2D eigenvalue weighted by Crippen LogP contribution is 2.02. The standard InChI is InChI=1S/C13H16N4O2/c1-9(14-15-10(2)18)13(17-16-11(3)19)12-7-5-4-6-8-12/h4-8H,1-3H3,(H,15,18)(H,16,19)/b14-9+,17-13-. The third-order valence-electron chi connectivity index (χ3n) is 2.10. The zero-order valence-corrected chi connectivity index (χ0v) is 11.1. The molecule has 0 atom stereocenters. The molecule has 2 N–H and O–H groups in total. The second-order valence-corrected chi connectivity index (χ2v) is 3.86. The maximum absolute atomic E-state index is 10.9. The Hall–Kier alpha value is -2.50. The van der Waals surface area contributed by atoms with Gasteiger partial charge in [-0.05, 0) is 6.92 Å². The Labute approximate surface area is 111 Å². The van der Waals surface area contributed by atoms with E-state index in [9.17, 15) is 9.59 Å². The third kappa shape index (κ3) is 5.12. The van der Waals surface area contributed by atoms with Gasteiger partial charge in [0.05, 0.1) is 5.71 Å². The van der Waals surface area contributed by atoms with Crippen molar-refractivity contribution in [2.75, 3.05) is 0 Å². The average Bonchev–Trinajstić information content (AvgIpc) is 2.37. The van der Waals surface area contributed by atoms with Gasteiger partial charge in [-0.1, -0.05) is 30.3 Å². The monoisotopic (exact) mass is 260 g/mol. The minimum atomic E-state index is -0.277. The molecule has 0 radical (unpaired) electrons. The topological polar surface area (TPSA) is 82.9 Å². The van der Waals surface area contributed by atoms with Crippen LogP contribution in [0.25, 0.3) is 0 Å². The SMILES string of the molecule is CC(=O)N/N=C(C)/C(=N/NC(C)=O)c1ccccc1. The van der Waals surface area contributed by atoms with E-state index in [4.69, 9.17) is 0 Å². The van der Waals surface area contributed by atoms with Crippen LogP contribution >= 0.6 is 0 Å². The molecule has 0 aliphatic heterocycles. The molecule has 0 unspecified atom stereocenters. The van der Waals surface area contributed by atoms with Crippen molar-refractivity contribution in [3.8, 4) is 0 Å². The maximum atomic E-state index is 10.9. The first-order chi connectivity index (χ1) is 9.00. The van der Waals surface area contributed by atoms with Crippen molar-refractivity contribution in [1.29, 1.82) is 0 Å². The molecule has 0 aliphatic rings. The number of nitrogens with zero attached hydrogens (tertiary/aromatic N) is 2. The fraction of sp³-hybridized carbons (Fsp3) is 0.231. The summed E-state index contributed by atoms with van der Waals surface area (Å²) in [6.45, 7) is 4.43. The van der Waals surface area contributed by atoms with Crippen molar-refractivity contribution in [3.63, 3.8) is 0 Å². The van der Waals surface area contributed by atoms with Crippen LogP contribution in [-0.2, 0) is 9.59 Å². The van der Waals surface area contributed by atoms with Crippen molar-refractivity contribution < 1.29 is 9.59 Å². The number of hydrogen-bond donors (Lipinski definition) is 2. The summed E-state index contributed by atoms with van der Waals surface area (Å²) in [5.41, 5.74) is 6.49. The lowest BCUT2D eigenvalue weighted by Crippen LogP contribution is -2.24. The van der Waals surface area contributed by atoms with E-state index < -0.39 is 0 Å². The van der Waals surface area contributed by atoms with Gasteiger partial charge >= 0.3 is 0 Å². The Morgan fingerprint density at radius 3 is 1.95 bits per heavy atom. The second kappa shape index (κ2) is 7.05. The predicted molar refractivity (Wildman–Crippen MR) is 73.7 cm³/mol. The van der Waals surface area contributed by atoms with E-state index in [1.807, 2.05) is 30.3 Å². The molecule has 0 aromatic heterocycles. The van der Waals surface area contributed by atoms with Crippen LogP contribution in [0.2, 0.25) is 0 Å². The molecule has 1 aromatic carbocycles. The van der Waals surface area contributed by atoms with E-state index in [1.54, 1.807) is 6.92 Å². The van der Waals surface area contributed by atoms with Crippen molar-refractivity contribution in [2.24, 2.45) is 10.2 Å². The molecule has 0 fully saturated rings. The molecule has 1 aromatic rings. The third-order valence-corrected chi connectivity index (χ3v) is 2.10. The smallest absolute Gasteiger partial charge is 0.236 e. The number of rotatable bonds is 4. The molecule has 0 saturated carbocycles. The Morgan fingerprint density at radius 1 is 0.895 bits per heavy atom. The van der Waals surface area contributed by atoms with Crippen LogP contribution in [0.1, 0.15) is 26.3 Å². The maximum Gasteiger partial charge on any atom is 0.236 e. The molecule has 6 nitrogen and oxygen atoms in total. The zero-order chi connectivity index (χ0) is 14.3. The molecule has 19 heavy (non-hydrogen) atoms. The molecule has 0 aliphatic carbocycles. The van der Waals surface area contributed by atoms with E-state index in [2.05, 4.69) is 21.1 Å². The van der Waals surface area contributed by atoms with E-state index in [0.717, 1.165) is 5.56 Å². The summed E-state index contributed by atoms with van der Waals surface area (Å²) in [6.07, 6.45) is 0. The number of hydrogen-bond acceptors (Lipinski definition) is 4. The summed E-state index contributed by atoms with van der Waals surface area (Å²) in [6, 6.07) is 9.26. The lowest BCUT2D eigenvalue weighted by molar-refractivity contribution is -0.119. The molecule has 1 rings (SSSR count).